The number of ether oxygens (including phenoxy) is 2. The third kappa shape index (κ3) is 4.14. The van der Waals surface area contributed by atoms with E-state index < -0.39 is 22.8 Å². The third-order valence-electron chi connectivity index (χ3n) is 5.09. The highest BCUT2D eigenvalue weighted by molar-refractivity contribution is 6.00. The first-order valence-electron chi connectivity index (χ1n) is 9.26. The molecule has 0 bridgehead atoms. The molecule has 9 heteroatoms. The van der Waals surface area contributed by atoms with Crippen molar-refractivity contribution in [2.24, 2.45) is 0 Å². The Balaban J connectivity index is 2.09. The number of nitro benzene ring substituents is 1. The zero-order valence-electron chi connectivity index (χ0n) is 16.5. The zero-order chi connectivity index (χ0) is 21.1. The Bertz CT molecular complexity index is 915. The number of rotatable bonds is 5. The molecule has 2 aliphatic heterocycles. The minimum Gasteiger partial charge on any atom is -0.466 e. The van der Waals surface area contributed by atoms with E-state index in [1.165, 1.54) is 25.3 Å². The summed E-state index contributed by atoms with van der Waals surface area (Å²) in [5.41, 5.74) is 1.82. The van der Waals surface area contributed by atoms with Crippen molar-refractivity contribution in [1.29, 1.82) is 0 Å². The first-order valence-corrected chi connectivity index (χ1v) is 9.26. The van der Waals surface area contributed by atoms with Crippen LogP contribution in [0.25, 0.3) is 0 Å². The van der Waals surface area contributed by atoms with Gasteiger partial charge in [-0.1, -0.05) is 12.1 Å². The molecule has 0 radical (unpaired) electrons. The number of hydrogen-bond donors (Lipinski definition) is 2. The molecule has 29 heavy (non-hydrogen) atoms. The molecule has 2 N–H and O–H groups in total. The fourth-order valence-corrected chi connectivity index (χ4v) is 3.74. The molecule has 2 atom stereocenters. The third-order valence-corrected chi connectivity index (χ3v) is 5.09. The Morgan fingerprint density at radius 3 is 2.45 bits per heavy atom. The number of hydrogen-bond acceptors (Lipinski definition) is 8. The lowest BCUT2D eigenvalue weighted by Gasteiger charge is -2.30. The zero-order valence-corrected chi connectivity index (χ0v) is 16.5. The number of non-ortho nitro benzene ring substituents is 1. The van der Waals surface area contributed by atoms with E-state index in [9.17, 15) is 19.7 Å². The second-order valence-electron chi connectivity index (χ2n) is 7.00. The summed E-state index contributed by atoms with van der Waals surface area (Å²) < 4.78 is 10.6. The van der Waals surface area contributed by atoms with E-state index in [0.717, 1.165) is 6.54 Å². The summed E-state index contributed by atoms with van der Waals surface area (Å²) in [5, 5.41) is 17.4. The topological polar surface area (TPSA) is 120 Å². The Morgan fingerprint density at radius 2 is 1.86 bits per heavy atom. The number of benzene rings is 1. The smallest absolute Gasteiger partial charge is 0.337 e. The molecule has 2 heterocycles. The van der Waals surface area contributed by atoms with Crippen molar-refractivity contribution >= 4 is 17.6 Å². The van der Waals surface area contributed by atoms with Crippen LogP contribution < -0.4 is 10.6 Å². The van der Waals surface area contributed by atoms with Crippen LogP contribution in [0.3, 0.4) is 0 Å². The highest BCUT2D eigenvalue weighted by Crippen LogP contribution is 2.40. The monoisotopic (exact) mass is 401 g/mol. The van der Waals surface area contributed by atoms with Crippen LogP contribution in [0.5, 0.6) is 0 Å². The summed E-state index contributed by atoms with van der Waals surface area (Å²) in [6, 6.07) is 5.90. The number of methoxy groups -OCH3 is 1. The predicted molar refractivity (Wildman–Crippen MR) is 104 cm³/mol. The van der Waals surface area contributed by atoms with E-state index in [4.69, 9.17) is 9.47 Å². The van der Waals surface area contributed by atoms with Crippen molar-refractivity contribution in [3.05, 3.63) is 62.5 Å². The Kier molecular flexibility index (Phi) is 5.97. The number of esters is 2. The number of carbonyl (C=O) groups is 2. The highest BCUT2D eigenvalue weighted by atomic mass is 16.6. The molecule has 0 saturated carbocycles. The van der Waals surface area contributed by atoms with Crippen molar-refractivity contribution in [3.8, 4) is 0 Å². The minimum absolute atomic E-state index is 0.131. The van der Waals surface area contributed by atoms with Crippen LogP contribution in [0.4, 0.5) is 5.69 Å². The summed E-state index contributed by atoms with van der Waals surface area (Å²) in [5.74, 6) is -2.02. The van der Waals surface area contributed by atoms with Crippen LogP contribution >= 0.6 is 0 Å². The molecule has 1 aromatic carbocycles. The molecule has 154 valence electrons. The quantitative estimate of drug-likeness (QED) is 0.436. The molecule has 9 nitrogen and oxygen atoms in total. The van der Waals surface area contributed by atoms with E-state index in [-0.39, 0.29) is 22.9 Å². The maximum absolute atomic E-state index is 13.1. The molecular formula is C20H23N3O6. The van der Waals surface area contributed by atoms with Crippen LogP contribution in [0.15, 0.2) is 46.8 Å². The molecule has 1 aromatic rings. The van der Waals surface area contributed by atoms with E-state index in [1.54, 1.807) is 19.9 Å². The van der Waals surface area contributed by atoms with Gasteiger partial charge < -0.3 is 20.1 Å². The highest BCUT2D eigenvalue weighted by Gasteiger charge is 2.39. The second kappa shape index (κ2) is 8.44. The van der Waals surface area contributed by atoms with Crippen LogP contribution in [-0.4, -0.2) is 43.2 Å². The molecule has 1 fully saturated rings. The summed E-state index contributed by atoms with van der Waals surface area (Å²) in [7, 11) is 1.25. The molecule has 0 spiro atoms. The minimum atomic E-state index is -0.842. The van der Waals surface area contributed by atoms with Crippen molar-refractivity contribution in [2.75, 3.05) is 20.2 Å². The fourth-order valence-electron chi connectivity index (χ4n) is 3.74. The number of carbonyl (C=O) groups excluding carboxylic acids is 2. The lowest BCUT2D eigenvalue weighted by atomic mass is 9.80. The van der Waals surface area contributed by atoms with Crippen molar-refractivity contribution < 1.29 is 24.0 Å². The summed E-state index contributed by atoms with van der Waals surface area (Å²) in [6.45, 7) is 4.73. The van der Waals surface area contributed by atoms with Crippen molar-refractivity contribution in [2.45, 2.75) is 32.3 Å². The number of allylic oxidation sites excluding steroid dienone is 2. The first-order chi connectivity index (χ1) is 13.8. The van der Waals surface area contributed by atoms with Gasteiger partial charge in [-0.25, -0.2) is 9.59 Å². The predicted octanol–water partition coefficient (Wildman–Crippen LogP) is 1.91. The number of dihydropyridines is 1. The van der Waals surface area contributed by atoms with Gasteiger partial charge in [-0.2, -0.15) is 0 Å². The standard InChI is InChI=1S/C20H23N3O6/c1-11-16(19(24)28-3)18(13-5-4-6-14(9-13)23(26)27)17(12(2)22-11)20(25)29-15-7-8-21-10-15/h4-6,9,15,18,21-22H,7-8,10H2,1-3H3. The van der Waals surface area contributed by atoms with Gasteiger partial charge in [0.15, 0.2) is 0 Å². The fraction of sp³-hybridized carbons (Fsp3) is 0.400. The van der Waals surface area contributed by atoms with E-state index in [1.807, 2.05) is 0 Å². The number of nitrogens with zero attached hydrogens (tertiary/aromatic N) is 1. The molecule has 0 amide bonds. The molecule has 2 unspecified atom stereocenters. The molecular weight excluding hydrogens is 378 g/mol. The Labute approximate surface area is 167 Å². The first kappa shape index (κ1) is 20.5. The van der Waals surface area contributed by atoms with Gasteiger partial charge in [0.2, 0.25) is 0 Å². The average molecular weight is 401 g/mol. The van der Waals surface area contributed by atoms with Gasteiger partial charge in [-0.15, -0.1) is 0 Å². The summed E-state index contributed by atoms with van der Waals surface area (Å²) in [4.78, 5) is 36.4. The van der Waals surface area contributed by atoms with Gasteiger partial charge in [0.25, 0.3) is 5.69 Å². The van der Waals surface area contributed by atoms with Crippen LogP contribution in [0, 0.1) is 10.1 Å². The van der Waals surface area contributed by atoms with Gasteiger partial charge in [0.1, 0.15) is 6.10 Å². The van der Waals surface area contributed by atoms with Gasteiger partial charge in [0.05, 0.1) is 29.1 Å². The van der Waals surface area contributed by atoms with Gasteiger partial charge in [-0.3, -0.25) is 10.1 Å². The van der Waals surface area contributed by atoms with Crippen molar-refractivity contribution in [3.63, 3.8) is 0 Å². The number of nitrogens with one attached hydrogen (secondary N) is 2. The van der Waals surface area contributed by atoms with E-state index >= 15 is 0 Å². The Hall–Kier alpha value is -3.20. The lowest BCUT2D eigenvalue weighted by molar-refractivity contribution is -0.384. The van der Waals surface area contributed by atoms with Gasteiger partial charge in [0, 0.05) is 30.1 Å². The van der Waals surface area contributed by atoms with Crippen LogP contribution in [0.2, 0.25) is 0 Å². The molecule has 2 aliphatic rings. The summed E-state index contributed by atoms with van der Waals surface area (Å²) in [6.07, 6.45) is 0.438. The van der Waals surface area contributed by atoms with E-state index in [2.05, 4.69) is 10.6 Å². The molecule has 3 rings (SSSR count). The molecule has 1 saturated heterocycles. The van der Waals surface area contributed by atoms with Crippen molar-refractivity contribution in [1.82, 2.24) is 10.6 Å². The van der Waals surface area contributed by atoms with Gasteiger partial charge in [-0.05, 0) is 32.4 Å². The molecule has 0 aromatic heterocycles. The SMILES string of the molecule is COC(=O)C1=C(C)NC(C)=C(C(=O)OC2CCNC2)C1c1cccc([N+](=O)[O-])c1. The maximum atomic E-state index is 13.1. The maximum Gasteiger partial charge on any atom is 0.337 e. The average Bonchev–Trinajstić information content (AvgIpc) is 3.19. The second-order valence-corrected chi connectivity index (χ2v) is 7.00. The summed E-state index contributed by atoms with van der Waals surface area (Å²) >= 11 is 0. The largest absolute Gasteiger partial charge is 0.466 e. The molecule has 0 aliphatic carbocycles. The normalized spacial score (nSPS) is 21.6. The Morgan fingerprint density at radius 1 is 1.17 bits per heavy atom. The van der Waals surface area contributed by atoms with Crippen LogP contribution in [0.1, 0.15) is 31.7 Å². The van der Waals surface area contributed by atoms with Gasteiger partial charge >= 0.3 is 11.9 Å². The van der Waals surface area contributed by atoms with E-state index in [0.29, 0.717) is 29.9 Å². The number of nitro groups is 1. The lowest BCUT2D eigenvalue weighted by Crippen LogP contribution is -2.33. The van der Waals surface area contributed by atoms with Crippen LogP contribution in [-0.2, 0) is 19.1 Å².